The number of nitrogens with one attached hydrogen (secondary N) is 2. The van der Waals surface area contributed by atoms with E-state index in [0.29, 0.717) is 26.2 Å². The molecule has 160 valence electrons. The van der Waals surface area contributed by atoms with Gasteiger partial charge in [0.15, 0.2) is 0 Å². The van der Waals surface area contributed by atoms with E-state index in [1.54, 1.807) is 12.0 Å². The van der Waals surface area contributed by atoms with E-state index < -0.39 is 5.41 Å². The van der Waals surface area contributed by atoms with Gasteiger partial charge < -0.3 is 20.3 Å². The Balaban J connectivity index is 1.50. The maximum atomic E-state index is 12.9. The summed E-state index contributed by atoms with van der Waals surface area (Å²) in [5, 5.41) is 6.02. The minimum absolute atomic E-state index is 0.0212. The second-order valence-corrected chi connectivity index (χ2v) is 8.09. The number of hydrogen-bond acceptors (Lipinski definition) is 3. The molecule has 1 aliphatic heterocycles. The van der Waals surface area contributed by atoms with Crippen molar-refractivity contribution in [2.45, 2.75) is 32.7 Å². The molecule has 1 unspecified atom stereocenters. The smallest absolute Gasteiger partial charge is 0.317 e. The highest BCUT2D eigenvalue weighted by Crippen LogP contribution is 2.30. The molecule has 0 aliphatic carbocycles. The van der Waals surface area contributed by atoms with Crippen molar-refractivity contribution in [2.24, 2.45) is 5.41 Å². The second-order valence-electron chi connectivity index (χ2n) is 8.09. The summed E-state index contributed by atoms with van der Waals surface area (Å²) in [5.74, 6) is 0.746. The molecule has 3 amide bonds. The first-order valence-electron chi connectivity index (χ1n) is 10.5. The normalized spacial score (nSPS) is 18.5. The number of benzene rings is 2. The van der Waals surface area contributed by atoms with E-state index in [2.05, 4.69) is 22.8 Å². The number of carbonyl (C=O) groups is 2. The number of methoxy groups -OCH3 is 1. The fourth-order valence-electron chi connectivity index (χ4n) is 3.85. The molecule has 3 rings (SSSR count). The molecule has 2 aromatic carbocycles. The van der Waals surface area contributed by atoms with Crippen LogP contribution in [0, 0.1) is 5.41 Å². The zero-order valence-electron chi connectivity index (χ0n) is 17.8. The third-order valence-electron chi connectivity index (χ3n) is 5.65. The molecule has 1 fully saturated rings. The summed E-state index contributed by atoms with van der Waals surface area (Å²) in [6.45, 7) is 4.06. The van der Waals surface area contributed by atoms with Gasteiger partial charge in [-0.1, -0.05) is 42.5 Å². The maximum Gasteiger partial charge on any atom is 0.317 e. The highest BCUT2D eigenvalue weighted by molar-refractivity contribution is 5.84. The van der Waals surface area contributed by atoms with Crippen LogP contribution in [0.2, 0.25) is 0 Å². The Bertz CT molecular complexity index is 856. The Labute approximate surface area is 178 Å². The Kier molecular flexibility index (Phi) is 7.33. The minimum Gasteiger partial charge on any atom is -0.497 e. The van der Waals surface area contributed by atoms with Crippen LogP contribution in [0.15, 0.2) is 54.6 Å². The SMILES string of the molecule is COc1cccc(CNC(=O)C2(C)CCCN(C(=O)NCCc3ccccc3)C2)c1. The van der Waals surface area contributed by atoms with Crippen LogP contribution in [0.3, 0.4) is 0 Å². The van der Waals surface area contributed by atoms with Crippen molar-refractivity contribution in [1.29, 1.82) is 0 Å². The van der Waals surface area contributed by atoms with Crippen LogP contribution in [0.25, 0.3) is 0 Å². The summed E-state index contributed by atoms with van der Waals surface area (Å²) < 4.78 is 5.23. The number of hydrogen-bond donors (Lipinski definition) is 2. The highest BCUT2D eigenvalue weighted by Gasteiger charge is 2.39. The van der Waals surface area contributed by atoms with Crippen LogP contribution in [-0.4, -0.2) is 43.6 Å². The van der Waals surface area contributed by atoms with E-state index in [1.807, 2.05) is 49.4 Å². The van der Waals surface area contributed by atoms with E-state index in [9.17, 15) is 9.59 Å². The molecular formula is C24H31N3O3. The molecule has 0 saturated carbocycles. The summed E-state index contributed by atoms with van der Waals surface area (Å²) in [4.78, 5) is 27.3. The summed E-state index contributed by atoms with van der Waals surface area (Å²) in [6, 6.07) is 17.6. The first-order valence-corrected chi connectivity index (χ1v) is 10.5. The molecule has 0 spiro atoms. The Morgan fingerprint density at radius 3 is 2.60 bits per heavy atom. The number of amides is 3. The fourth-order valence-corrected chi connectivity index (χ4v) is 3.85. The number of ether oxygens (including phenoxy) is 1. The summed E-state index contributed by atoms with van der Waals surface area (Å²) in [5.41, 5.74) is 1.59. The average Bonchev–Trinajstić information content (AvgIpc) is 2.78. The zero-order valence-corrected chi connectivity index (χ0v) is 17.8. The van der Waals surface area contributed by atoms with Crippen LogP contribution >= 0.6 is 0 Å². The second kappa shape index (κ2) is 10.1. The topological polar surface area (TPSA) is 70.7 Å². The van der Waals surface area contributed by atoms with E-state index in [1.165, 1.54) is 5.56 Å². The highest BCUT2D eigenvalue weighted by atomic mass is 16.5. The number of carbonyl (C=O) groups excluding carboxylic acids is 2. The molecule has 0 radical (unpaired) electrons. The third kappa shape index (κ3) is 5.75. The average molecular weight is 410 g/mol. The third-order valence-corrected chi connectivity index (χ3v) is 5.65. The molecule has 0 aromatic heterocycles. The maximum absolute atomic E-state index is 12.9. The first kappa shape index (κ1) is 21.7. The predicted octanol–water partition coefficient (Wildman–Crippen LogP) is 3.37. The number of nitrogens with zero attached hydrogens (tertiary/aromatic N) is 1. The van der Waals surface area contributed by atoms with Crippen LogP contribution in [0.4, 0.5) is 4.79 Å². The van der Waals surface area contributed by atoms with Crippen LogP contribution in [-0.2, 0) is 17.8 Å². The van der Waals surface area contributed by atoms with Crippen molar-refractivity contribution < 1.29 is 14.3 Å². The summed E-state index contributed by atoms with van der Waals surface area (Å²) in [6.07, 6.45) is 2.37. The first-order chi connectivity index (χ1) is 14.5. The summed E-state index contributed by atoms with van der Waals surface area (Å²) >= 11 is 0. The van der Waals surface area contributed by atoms with Crippen LogP contribution in [0.5, 0.6) is 5.75 Å². The standard InChI is InChI=1S/C24H31N3O3/c1-24(22(28)26-17-20-10-6-11-21(16-20)30-2)13-7-15-27(18-24)23(29)25-14-12-19-8-4-3-5-9-19/h3-6,8-11,16H,7,12-15,17-18H2,1-2H3,(H,25,29)(H,26,28). The lowest BCUT2D eigenvalue weighted by Crippen LogP contribution is -2.54. The Hall–Kier alpha value is -3.02. The molecule has 1 aliphatic rings. The lowest BCUT2D eigenvalue weighted by atomic mass is 9.81. The van der Waals surface area contributed by atoms with E-state index >= 15 is 0 Å². The molecular weight excluding hydrogens is 378 g/mol. The molecule has 6 heteroatoms. The van der Waals surface area contributed by atoms with Gasteiger partial charge in [0.25, 0.3) is 0 Å². The van der Waals surface area contributed by atoms with E-state index in [0.717, 1.165) is 30.6 Å². The molecule has 0 bridgehead atoms. The van der Waals surface area contributed by atoms with E-state index in [4.69, 9.17) is 4.74 Å². The van der Waals surface area contributed by atoms with Gasteiger partial charge >= 0.3 is 6.03 Å². The van der Waals surface area contributed by atoms with Gasteiger partial charge in [0.1, 0.15) is 5.75 Å². The molecule has 2 N–H and O–H groups in total. The molecule has 1 atom stereocenters. The predicted molar refractivity (Wildman–Crippen MR) is 117 cm³/mol. The zero-order chi connectivity index (χ0) is 21.4. The fraction of sp³-hybridized carbons (Fsp3) is 0.417. The Morgan fingerprint density at radius 1 is 1.07 bits per heavy atom. The van der Waals surface area contributed by atoms with Gasteiger partial charge in [0.05, 0.1) is 12.5 Å². The monoisotopic (exact) mass is 409 g/mol. The van der Waals surface area contributed by atoms with Gasteiger partial charge in [0.2, 0.25) is 5.91 Å². The van der Waals surface area contributed by atoms with E-state index in [-0.39, 0.29) is 11.9 Å². The molecule has 2 aromatic rings. The molecule has 6 nitrogen and oxygen atoms in total. The molecule has 1 heterocycles. The number of likely N-dealkylation sites (tertiary alicyclic amines) is 1. The van der Waals surface area contributed by atoms with Gasteiger partial charge in [-0.15, -0.1) is 0 Å². The van der Waals surface area contributed by atoms with Crippen molar-refractivity contribution in [1.82, 2.24) is 15.5 Å². The largest absolute Gasteiger partial charge is 0.497 e. The van der Waals surface area contributed by atoms with Crippen molar-refractivity contribution in [3.05, 3.63) is 65.7 Å². The Morgan fingerprint density at radius 2 is 1.83 bits per heavy atom. The van der Waals surface area contributed by atoms with Crippen molar-refractivity contribution in [2.75, 3.05) is 26.7 Å². The van der Waals surface area contributed by atoms with Crippen LogP contribution in [0.1, 0.15) is 30.9 Å². The lowest BCUT2D eigenvalue weighted by molar-refractivity contribution is -0.132. The van der Waals surface area contributed by atoms with Gasteiger partial charge in [-0.3, -0.25) is 4.79 Å². The van der Waals surface area contributed by atoms with Gasteiger partial charge in [-0.2, -0.15) is 0 Å². The summed E-state index contributed by atoms with van der Waals surface area (Å²) in [7, 11) is 1.63. The molecule has 30 heavy (non-hydrogen) atoms. The van der Waals surface area contributed by atoms with Gasteiger partial charge in [0, 0.05) is 26.2 Å². The number of urea groups is 1. The van der Waals surface area contributed by atoms with Crippen molar-refractivity contribution >= 4 is 11.9 Å². The number of rotatable bonds is 7. The van der Waals surface area contributed by atoms with Crippen molar-refractivity contribution in [3.63, 3.8) is 0 Å². The lowest BCUT2D eigenvalue weighted by Gasteiger charge is -2.39. The quantitative estimate of drug-likeness (QED) is 0.737. The van der Waals surface area contributed by atoms with Gasteiger partial charge in [-0.25, -0.2) is 4.79 Å². The van der Waals surface area contributed by atoms with Gasteiger partial charge in [-0.05, 0) is 49.4 Å². The van der Waals surface area contributed by atoms with Crippen LogP contribution < -0.4 is 15.4 Å². The molecule has 1 saturated heterocycles. The number of piperidine rings is 1. The van der Waals surface area contributed by atoms with Crippen molar-refractivity contribution in [3.8, 4) is 5.75 Å². The minimum atomic E-state index is -0.589.